The highest BCUT2D eigenvalue weighted by Crippen LogP contribution is 2.31. The maximum Gasteiger partial charge on any atom is 0.416 e. The predicted molar refractivity (Wildman–Crippen MR) is 134 cm³/mol. The van der Waals surface area contributed by atoms with Crippen LogP contribution in [-0.4, -0.2) is 11.6 Å². The number of amides is 1. The number of carbonyl (C=O) groups excluding carboxylic acids is 1. The van der Waals surface area contributed by atoms with E-state index in [4.69, 9.17) is 4.74 Å². The van der Waals surface area contributed by atoms with Gasteiger partial charge in [0.2, 0.25) is 0 Å². The zero-order chi connectivity index (χ0) is 25.5. The number of carbonyl (C=O) groups is 1. The second-order valence-corrected chi connectivity index (χ2v) is 8.06. The molecule has 0 spiro atoms. The van der Waals surface area contributed by atoms with Gasteiger partial charge in [0.15, 0.2) is 0 Å². The average Bonchev–Trinajstić information content (AvgIpc) is 2.91. The molecule has 182 valence electrons. The third-order valence-electron chi connectivity index (χ3n) is 5.52. The van der Waals surface area contributed by atoms with Crippen molar-refractivity contribution in [3.05, 3.63) is 125 Å². The molecule has 1 amide bonds. The van der Waals surface area contributed by atoms with Crippen LogP contribution in [0.5, 0.6) is 5.75 Å². The van der Waals surface area contributed by atoms with Crippen molar-refractivity contribution in [1.82, 2.24) is 5.43 Å². The fraction of sp³-hybridized carbons (Fsp3) is 0.103. The Morgan fingerprint density at radius 1 is 0.833 bits per heavy atom. The van der Waals surface area contributed by atoms with Crippen LogP contribution < -0.4 is 10.2 Å². The van der Waals surface area contributed by atoms with Crippen LogP contribution in [0.4, 0.5) is 13.2 Å². The van der Waals surface area contributed by atoms with E-state index >= 15 is 0 Å². The van der Waals surface area contributed by atoms with Crippen LogP contribution >= 0.6 is 0 Å². The Kier molecular flexibility index (Phi) is 7.49. The minimum Gasteiger partial charge on any atom is -0.488 e. The van der Waals surface area contributed by atoms with Crippen molar-refractivity contribution in [3.8, 4) is 16.9 Å². The number of alkyl halides is 3. The first-order valence-electron chi connectivity index (χ1n) is 11.2. The molecule has 0 aliphatic rings. The number of ether oxygens (including phenoxy) is 1. The summed E-state index contributed by atoms with van der Waals surface area (Å²) in [6.07, 6.45) is -4.45. The molecule has 7 heteroatoms. The van der Waals surface area contributed by atoms with E-state index in [1.54, 1.807) is 24.3 Å². The third-order valence-corrected chi connectivity index (χ3v) is 5.52. The molecule has 0 unspecified atom stereocenters. The van der Waals surface area contributed by atoms with E-state index < -0.39 is 17.6 Å². The van der Waals surface area contributed by atoms with Crippen LogP contribution in [0.3, 0.4) is 0 Å². The van der Waals surface area contributed by atoms with E-state index in [-0.39, 0.29) is 11.3 Å². The van der Waals surface area contributed by atoms with E-state index in [2.05, 4.69) is 10.5 Å². The highest BCUT2D eigenvalue weighted by molar-refractivity contribution is 6.01. The zero-order valence-electron chi connectivity index (χ0n) is 19.4. The Balaban J connectivity index is 1.38. The van der Waals surface area contributed by atoms with Crippen molar-refractivity contribution < 1.29 is 22.7 Å². The molecule has 0 aliphatic carbocycles. The Hall–Kier alpha value is -4.39. The van der Waals surface area contributed by atoms with Gasteiger partial charge in [-0.2, -0.15) is 18.3 Å². The van der Waals surface area contributed by atoms with Crippen molar-refractivity contribution in [2.24, 2.45) is 5.10 Å². The molecule has 4 rings (SSSR count). The molecule has 0 aliphatic heterocycles. The Morgan fingerprint density at radius 3 is 2.25 bits per heavy atom. The second kappa shape index (κ2) is 10.9. The lowest BCUT2D eigenvalue weighted by atomic mass is 10.0. The van der Waals surface area contributed by atoms with E-state index in [9.17, 15) is 18.0 Å². The lowest BCUT2D eigenvalue weighted by Gasteiger charge is -2.12. The summed E-state index contributed by atoms with van der Waals surface area (Å²) >= 11 is 0. The standard InChI is InChI=1S/C29H23F3N2O2/c1-20(24-10-7-11-25(18-24)29(30,31)32)33-34-28(35)23-16-14-21(15-17-23)19-36-27-13-6-5-12-26(27)22-8-3-2-4-9-22/h2-18H,19H2,1H3,(H,34,35)/b33-20-. The van der Waals surface area contributed by atoms with Crippen molar-refractivity contribution in [2.45, 2.75) is 19.7 Å². The maximum absolute atomic E-state index is 12.9. The van der Waals surface area contributed by atoms with Gasteiger partial charge in [0.25, 0.3) is 5.91 Å². The Bertz CT molecular complexity index is 1370. The van der Waals surface area contributed by atoms with Crippen molar-refractivity contribution in [3.63, 3.8) is 0 Å². The van der Waals surface area contributed by atoms with Crippen molar-refractivity contribution in [2.75, 3.05) is 0 Å². The molecule has 0 fully saturated rings. The fourth-order valence-electron chi connectivity index (χ4n) is 3.55. The molecule has 36 heavy (non-hydrogen) atoms. The molecule has 0 saturated carbocycles. The maximum atomic E-state index is 12.9. The average molecular weight is 489 g/mol. The number of nitrogens with one attached hydrogen (secondary N) is 1. The highest BCUT2D eigenvalue weighted by Gasteiger charge is 2.30. The van der Waals surface area contributed by atoms with Gasteiger partial charge in [-0.25, -0.2) is 5.43 Å². The topological polar surface area (TPSA) is 50.7 Å². The molecule has 1 N–H and O–H groups in total. The fourth-order valence-corrected chi connectivity index (χ4v) is 3.55. The molecular weight excluding hydrogens is 465 g/mol. The summed E-state index contributed by atoms with van der Waals surface area (Å²) < 4.78 is 44.8. The minimum atomic E-state index is -4.45. The monoisotopic (exact) mass is 488 g/mol. The normalized spacial score (nSPS) is 11.7. The Labute approximate surface area is 207 Å². The zero-order valence-corrected chi connectivity index (χ0v) is 19.4. The summed E-state index contributed by atoms with van der Waals surface area (Å²) in [5, 5.41) is 3.96. The predicted octanol–water partition coefficient (Wildman–Crippen LogP) is 7.11. The van der Waals surface area contributed by atoms with Crippen LogP contribution in [0.15, 0.2) is 108 Å². The van der Waals surface area contributed by atoms with Gasteiger partial charge in [-0.05, 0) is 53.9 Å². The van der Waals surface area contributed by atoms with Crippen molar-refractivity contribution in [1.29, 1.82) is 0 Å². The lowest BCUT2D eigenvalue weighted by Crippen LogP contribution is -2.19. The van der Waals surface area contributed by atoms with E-state index in [0.29, 0.717) is 12.2 Å². The molecule has 0 heterocycles. The van der Waals surface area contributed by atoms with Gasteiger partial charge < -0.3 is 4.74 Å². The summed E-state index contributed by atoms with van der Waals surface area (Å²) in [5.41, 5.74) is 5.44. The van der Waals surface area contributed by atoms with E-state index in [1.165, 1.54) is 19.1 Å². The first-order valence-corrected chi connectivity index (χ1v) is 11.2. The molecule has 4 nitrogen and oxygen atoms in total. The highest BCUT2D eigenvalue weighted by atomic mass is 19.4. The number of benzene rings is 4. The summed E-state index contributed by atoms with van der Waals surface area (Å²) in [6, 6.07) is 29.4. The van der Waals surface area contributed by atoms with Crippen LogP contribution in [0.25, 0.3) is 11.1 Å². The first kappa shape index (κ1) is 24.7. The number of rotatable bonds is 7. The quantitative estimate of drug-likeness (QED) is 0.223. The molecule has 0 atom stereocenters. The molecule has 0 radical (unpaired) electrons. The van der Waals surface area contributed by atoms with Gasteiger partial charge in [0.05, 0.1) is 11.3 Å². The van der Waals surface area contributed by atoms with Gasteiger partial charge in [-0.1, -0.05) is 72.8 Å². The van der Waals surface area contributed by atoms with Crippen molar-refractivity contribution >= 4 is 11.6 Å². The first-order chi connectivity index (χ1) is 17.3. The molecule has 4 aromatic carbocycles. The van der Waals surface area contributed by atoms with Gasteiger partial charge in [-0.3, -0.25) is 4.79 Å². The van der Waals surface area contributed by atoms with Crippen LogP contribution in [0.1, 0.15) is 34.0 Å². The van der Waals surface area contributed by atoms with Crippen LogP contribution in [-0.2, 0) is 12.8 Å². The number of nitrogens with zero attached hydrogens (tertiary/aromatic N) is 1. The molecule has 0 aromatic heterocycles. The number of halogens is 3. The summed E-state index contributed by atoms with van der Waals surface area (Å²) in [7, 11) is 0. The second-order valence-electron chi connectivity index (χ2n) is 8.06. The lowest BCUT2D eigenvalue weighted by molar-refractivity contribution is -0.137. The van der Waals surface area contributed by atoms with Gasteiger partial charge in [0, 0.05) is 11.1 Å². The largest absolute Gasteiger partial charge is 0.488 e. The minimum absolute atomic E-state index is 0.261. The number of hydrogen-bond acceptors (Lipinski definition) is 3. The summed E-state index contributed by atoms with van der Waals surface area (Å²) in [4.78, 5) is 12.5. The molecule has 0 saturated heterocycles. The molecular formula is C29H23F3N2O2. The van der Waals surface area contributed by atoms with Gasteiger partial charge in [0.1, 0.15) is 12.4 Å². The molecule has 4 aromatic rings. The summed E-state index contributed by atoms with van der Waals surface area (Å²) in [6.45, 7) is 1.85. The smallest absolute Gasteiger partial charge is 0.416 e. The van der Waals surface area contributed by atoms with Crippen LogP contribution in [0, 0.1) is 0 Å². The Morgan fingerprint density at radius 2 is 1.53 bits per heavy atom. The molecule has 0 bridgehead atoms. The van der Waals surface area contributed by atoms with Crippen LogP contribution in [0.2, 0.25) is 0 Å². The number of hydrazone groups is 1. The van der Waals surface area contributed by atoms with Gasteiger partial charge >= 0.3 is 6.18 Å². The number of hydrogen-bond donors (Lipinski definition) is 1. The van der Waals surface area contributed by atoms with Gasteiger partial charge in [-0.15, -0.1) is 0 Å². The summed E-state index contributed by atoms with van der Waals surface area (Å²) in [5.74, 6) is 0.285. The SMILES string of the molecule is C/C(=N/NC(=O)c1ccc(COc2ccccc2-c2ccccc2)cc1)c1cccc(C(F)(F)F)c1. The third kappa shape index (κ3) is 6.18. The number of para-hydroxylation sites is 1. The van der Waals surface area contributed by atoms with E-state index in [0.717, 1.165) is 34.6 Å². The van der Waals surface area contributed by atoms with E-state index in [1.807, 2.05) is 54.6 Å².